The number of hydrogen-bond acceptors (Lipinski definition) is 0. The highest BCUT2D eigenvalue weighted by atomic mass is 15.0. The molecule has 0 N–H and O–H groups in total. The molecule has 2 aromatic heterocycles. The van der Waals surface area contributed by atoms with Gasteiger partial charge in [-0.1, -0.05) is 150 Å². The Morgan fingerprint density at radius 1 is 0.294 bits per heavy atom. The van der Waals surface area contributed by atoms with Crippen LogP contribution in [-0.2, 0) is 0 Å². The van der Waals surface area contributed by atoms with Gasteiger partial charge in [-0.15, -0.1) is 0 Å². The number of nitrogens with zero attached hydrogens (tertiary/aromatic N) is 2. The molecule has 3 heteroatoms. The highest BCUT2D eigenvalue weighted by molar-refractivity contribution is 7.00. The summed E-state index contributed by atoms with van der Waals surface area (Å²) in [6, 6.07) is 65.6. The second-order valence-corrected chi connectivity index (χ2v) is 14.0. The van der Waals surface area contributed by atoms with Crippen LogP contribution in [0, 0.1) is 0 Å². The van der Waals surface area contributed by atoms with Crippen LogP contribution in [0.1, 0.15) is 0 Å². The standard InChI is InChI=1S/C48H29BN2/c1-5-20-39-33(14-1)34-15-2-6-21-40(34)50(39)43-24-11-25-44(51-41-22-7-3-16-35(41)36-17-4-8-23-42(36)51)48(43)49-37-18-9-12-30-26-28-32-29-27-31-13-10-19-38(49)46(31)47(32)45(30)37/h1-29H. The number of para-hydroxylation sites is 4. The number of fused-ring (bicyclic) bond motifs is 6. The maximum Gasteiger partial charge on any atom is 0.248 e. The third-order valence-corrected chi connectivity index (χ3v) is 11.5. The zero-order valence-corrected chi connectivity index (χ0v) is 27.7. The number of aromatic nitrogens is 2. The average molecular weight is 645 g/mol. The second-order valence-electron chi connectivity index (χ2n) is 14.0. The van der Waals surface area contributed by atoms with Crippen LogP contribution in [0.25, 0.3) is 87.3 Å². The van der Waals surface area contributed by atoms with Gasteiger partial charge < -0.3 is 9.13 Å². The van der Waals surface area contributed by atoms with Crippen LogP contribution in [0.15, 0.2) is 176 Å². The Morgan fingerprint density at radius 3 is 1.06 bits per heavy atom. The molecule has 0 saturated heterocycles. The van der Waals surface area contributed by atoms with Gasteiger partial charge in [0.25, 0.3) is 0 Å². The van der Waals surface area contributed by atoms with Crippen molar-refractivity contribution in [3.05, 3.63) is 176 Å². The van der Waals surface area contributed by atoms with E-state index in [0.717, 1.165) is 0 Å². The van der Waals surface area contributed by atoms with Gasteiger partial charge in [0.1, 0.15) is 0 Å². The predicted octanol–water partition coefficient (Wildman–Crippen LogP) is 10.2. The zero-order valence-electron chi connectivity index (χ0n) is 27.7. The average Bonchev–Trinajstić information content (AvgIpc) is 3.71. The van der Waals surface area contributed by atoms with E-state index in [-0.39, 0.29) is 6.71 Å². The van der Waals surface area contributed by atoms with Crippen molar-refractivity contribution < 1.29 is 0 Å². The Balaban J connectivity index is 1.32. The molecule has 1 aliphatic heterocycles. The quantitative estimate of drug-likeness (QED) is 0.134. The summed E-state index contributed by atoms with van der Waals surface area (Å²) in [6.07, 6.45) is 0. The molecule has 1 aliphatic rings. The monoisotopic (exact) mass is 644 g/mol. The first-order valence-corrected chi connectivity index (χ1v) is 17.8. The van der Waals surface area contributed by atoms with Gasteiger partial charge in [0, 0.05) is 32.9 Å². The molecule has 0 spiro atoms. The van der Waals surface area contributed by atoms with E-state index in [4.69, 9.17) is 0 Å². The molecule has 11 aromatic rings. The summed E-state index contributed by atoms with van der Waals surface area (Å²) in [6.45, 7) is -0.0241. The van der Waals surface area contributed by atoms with E-state index in [1.54, 1.807) is 0 Å². The lowest BCUT2D eigenvalue weighted by molar-refractivity contribution is 1.15. The SMILES string of the molecule is c1cc(-n2c3ccccc3c3ccccc32)c(B2c3cccc4ccc5ccc6cccc2c6c5c34)c(-n2c3ccccc3c3ccccc32)c1. The maximum atomic E-state index is 2.53. The lowest BCUT2D eigenvalue weighted by Crippen LogP contribution is -2.56. The highest BCUT2D eigenvalue weighted by Crippen LogP contribution is 2.38. The van der Waals surface area contributed by atoms with E-state index in [1.807, 2.05) is 0 Å². The van der Waals surface area contributed by atoms with Crippen molar-refractivity contribution in [1.82, 2.24) is 9.13 Å². The predicted molar refractivity (Wildman–Crippen MR) is 219 cm³/mol. The molecular formula is C48H29BN2. The minimum atomic E-state index is -0.0241. The van der Waals surface area contributed by atoms with Gasteiger partial charge in [0.15, 0.2) is 0 Å². The van der Waals surface area contributed by atoms with Crippen molar-refractivity contribution in [1.29, 1.82) is 0 Å². The van der Waals surface area contributed by atoms with Gasteiger partial charge in [-0.25, -0.2) is 0 Å². The van der Waals surface area contributed by atoms with Crippen LogP contribution >= 0.6 is 0 Å². The summed E-state index contributed by atoms with van der Waals surface area (Å²) in [5, 5.41) is 13.1. The fourth-order valence-electron chi connectivity index (χ4n) is 9.58. The zero-order chi connectivity index (χ0) is 33.2. The summed E-state index contributed by atoms with van der Waals surface area (Å²) >= 11 is 0. The van der Waals surface area contributed by atoms with E-state index < -0.39 is 0 Å². The van der Waals surface area contributed by atoms with Gasteiger partial charge in [0.2, 0.25) is 6.71 Å². The van der Waals surface area contributed by atoms with Crippen LogP contribution in [0.4, 0.5) is 0 Å². The third-order valence-electron chi connectivity index (χ3n) is 11.5. The summed E-state index contributed by atoms with van der Waals surface area (Å²) in [5.41, 5.74) is 11.3. The molecule has 0 fully saturated rings. The fourth-order valence-corrected chi connectivity index (χ4v) is 9.58. The molecule has 234 valence electrons. The molecule has 0 aliphatic carbocycles. The maximum absolute atomic E-state index is 2.53. The lowest BCUT2D eigenvalue weighted by atomic mass is 9.33. The van der Waals surface area contributed by atoms with Gasteiger partial charge in [-0.2, -0.15) is 0 Å². The normalized spacial score (nSPS) is 12.7. The minimum absolute atomic E-state index is 0.0241. The fraction of sp³-hybridized carbons (Fsp3) is 0. The van der Waals surface area contributed by atoms with E-state index in [2.05, 4.69) is 185 Å². The molecule has 51 heavy (non-hydrogen) atoms. The summed E-state index contributed by atoms with van der Waals surface area (Å²) in [5.74, 6) is 0. The summed E-state index contributed by atoms with van der Waals surface area (Å²) in [7, 11) is 0. The van der Waals surface area contributed by atoms with Crippen molar-refractivity contribution in [2.75, 3.05) is 0 Å². The first-order valence-electron chi connectivity index (χ1n) is 17.8. The molecule has 9 aromatic carbocycles. The van der Waals surface area contributed by atoms with Crippen molar-refractivity contribution in [3.63, 3.8) is 0 Å². The topological polar surface area (TPSA) is 9.86 Å². The lowest BCUT2D eigenvalue weighted by Gasteiger charge is -2.30. The molecule has 0 bridgehead atoms. The molecule has 0 saturated carbocycles. The molecule has 0 atom stereocenters. The van der Waals surface area contributed by atoms with Gasteiger partial charge in [0.05, 0.1) is 22.1 Å². The number of rotatable bonds is 3. The van der Waals surface area contributed by atoms with Crippen LogP contribution < -0.4 is 16.4 Å². The molecule has 3 heterocycles. The molecule has 12 rings (SSSR count). The second kappa shape index (κ2) is 10.00. The Bertz CT molecular complexity index is 2950. The van der Waals surface area contributed by atoms with E-state index in [1.165, 1.54) is 104 Å². The van der Waals surface area contributed by atoms with Crippen LogP contribution in [-0.4, -0.2) is 15.8 Å². The molecule has 0 unspecified atom stereocenters. The number of hydrogen-bond donors (Lipinski definition) is 0. The van der Waals surface area contributed by atoms with Gasteiger partial charge in [-0.3, -0.25) is 0 Å². The van der Waals surface area contributed by atoms with Crippen molar-refractivity contribution in [2.45, 2.75) is 0 Å². The van der Waals surface area contributed by atoms with Crippen molar-refractivity contribution in [3.8, 4) is 11.4 Å². The first kappa shape index (κ1) is 27.3. The van der Waals surface area contributed by atoms with Crippen LogP contribution in [0.5, 0.6) is 0 Å². The van der Waals surface area contributed by atoms with E-state index in [0.29, 0.717) is 0 Å². The third kappa shape index (κ3) is 3.52. The summed E-state index contributed by atoms with van der Waals surface area (Å²) in [4.78, 5) is 0. The summed E-state index contributed by atoms with van der Waals surface area (Å²) < 4.78 is 5.05. The Labute approximate surface area is 294 Å². The van der Waals surface area contributed by atoms with Crippen molar-refractivity contribution >= 4 is 99.0 Å². The Hall–Kier alpha value is -6.58. The van der Waals surface area contributed by atoms with E-state index >= 15 is 0 Å². The Morgan fingerprint density at radius 2 is 0.647 bits per heavy atom. The van der Waals surface area contributed by atoms with Crippen LogP contribution in [0.2, 0.25) is 0 Å². The largest absolute Gasteiger partial charge is 0.310 e. The van der Waals surface area contributed by atoms with E-state index in [9.17, 15) is 0 Å². The first-order chi connectivity index (χ1) is 25.3. The van der Waals surface area contributed by atoms with Crippen LogP contribution in [0.3, 0.4) is 0 Å². The number of benzene rings is 9. The molecule has 0 radical (unpaired) electrons. The smallest absolute Gasteiger partial charge is 0.248 e. The van der Waals surface area contributed by atoms with Crippen molar-refractivity contribution in [2.24, 2.45) is 0 Å². The molecule has 2 nitrogen and oxygen atoms in total. The van der Waals surface area contributed by atoms with Gasteiger partial charge in [-0.05, 0) is 74.2 Å². The van der Waals surface area contributed by atoms with Gasteiger partial charge >= 0.3 is 0 Å². The Kier molecular flexibility index (Phi) is 5.35. The molecule has 0 amide bonds. The highest BCUT2D eigenvalue weighted by Gasteiger charge is 2.35. The molecular weight excluding hydrogens is 615 g/mol. The minimum Gasteiger partial charge on any atom is -0.310 e.